The SMILES string of the molecule is CCNC(Cc1ccc(I)cc1)C1(C)CCCO1. The van der Waals surface area contributed by atoms with Crippen molar-refractivity contribution in [1.29, 1.82) is 0 Å². The number of halogens is 1. The molecule has 1 aromatic rings. The fraction of sp³-hybridized carbons (Fsp3) is 0.600. The third-order valence-electron chi connectivity index (χ3n) is 3.79. The number of benzene rings is 1. The molecule has 0 radical (unpaired) electrons. The van der Waals surface area contributed by atoms with Gasteiger partial charge in [-0.25, -0.2) is 0 Å². The summed E-state index contributed by atoms with van der Waals surface area (Å²) in [5, 5.41) is 3.60. The van der Waals surface area contributed by atoms with Gasteiger partial charge in [0.2, 0.25) is 0 Å². The second kappa shape index (κ2) is 6.35. The highest BCUT2D eigenvalue weighted by atomic mass is 127. The lowest BCUT2D eigenvalue weighted by atomic mass is 9.88. The number of likely N-dealkylation sites (N-methyl/N-ethyl adjacent to an activating group) is 1. The summed E-state index contributed by atoms with van der Waals surface area (Å²) in [4.78, 5) is 0. The van der Waals surface area contributed by atoms with E-state index in [9.17, 15) is 0 Å². The van der Waals surface area contributed by atoms with Gasteiger partial charge in [0, 0.05) is 16.2 Å². The number of hydrogen-bond acceptors (Lipinski definition) is 2. The molecule has 0 aliphatic carbocycles. The molecule has 0 saturated carbocycles. The van der Waals surface area contributed by atoms with Gasteiger partial charge < -0.3 is 10.1 Å². The molecule has 0 amide bonds. The molecule has 3 heteroatoms. The predicted molar refractivity (Wildman–Crippen MR) is 83.9 cm³/mol. The van der Waals surface area contributed by atoms with Gasteiger partial charge in [0.1, 0.15) is 0 Å². The minimum atomic E-state index is -0.000986. The van der Waals surface area contributed by atoms with Gasteiger partial charge in [-0.1, -0.05) is 19.1 Å². The molecule has 100 valence electrons. The van der Waals surface area contributed by atoms with Gasteiger partial charge in [-0.05, 0) is 73.0 Å². The van der Waals surface area contributed by atoms with Gasteiger partial charge in [0.25, 0.3) is 0 Å². The summed E-state index contributed by atoms with van der Waals surface area (Å²) in [7, 11) is 0. The van der Waals surface area contributed by atoms with Crippen LogP contribution in [0.4, 0.5) is 0 Å². The molecule has 1 fully saturated rings. The summed E-state index contributed by atoms with van der Waals surface area (Å²) in [5.41, 5.74) is 1.39. The highest BCUT2D eigenvalue weighted by Gasteiger charge is 2.37. The second-order valence-corrected chi connectivity index (χ2v) is 6.45. The van der Waals surface area contributed by atoms with Crippen LogP contribution in [0.1, 0.15) is 32.3 Å². The third-order valence-corrected chi connectivity index (χ3v) is 4.51. The zero-order valence-electron chi connectivity index (χ0n) is 11.2. The average Bonchev–Trinajstić information content (AvgIpc) is 2.80. The molecule has 2 nitrogen and oxygen atoms in total. The van der Waals surface area contributed by atoms with Crippen molar-refractivity contribution in [2.24, 2.45) is 0 Å². The summed E-state index contributed by atoms with van der Waals surface area (Å²) in [6.45, 7) is 6.32. The first-order valence-electron chi connectivity index (χ1n) is 6.76. The van der Waals surface area contributed by atoms with Crippen molar-refractivity contribution in [1.82, 2.24) is 5.32 Å². The molecular formula is C15H22INO. The van der Waals surface area contributed by atoms with Gasteiger partial charge in [-0.2, -0.15) is 0 Å². The summed E-state index contributed by atoms with van der Waals surface area (Å²) in [5.74, 6) is 0. The largest absolute Gasteiger partial charge is 0.374 e. The van der Waals surface area contributed by atoms with Gasteiger partial charge in [-0.3, -0.25) is 0 Å². The van der Waals surface area contributed by atoms with Gasteiger partial charge in [-0.15, -0.1) is 0 Å². The van der Waals surface area contributed by atoms with Crippen LogP contribution >= 0.6 is 22.6 Å². The van der Waals surface area contributed by atoms with E-state index in [4.69, 9.17) is 4.74 Å². The van der Waals surface area contributed by atoms with Crippen LogP contribution in [0, 0.1) is 3.57 Å². The molecule has 0 bridgehead atoms. The van der Waals surface area contributed by atoms with Gasteiger partial charge in [0.05, 0.1) is 5.60 Å². The lowest BCUT2D eigenvalue weighted by molar-refractivity contribution is -0.0110. The molecule has 1 aromatic carbocycles. The van der Waals surface area contributed by atoms with Crippen LogP contribution in [0.5, 0.6) is 0 Å². The van der Waals surface area contributed by atoms with E-state index in [2.05, 4.69) is 66.0 Å². The lowest BCUT2D eigenvalue weighted by Crippen LogP contribution is -2.49. The summed E-state index contributed by atoms with van der Waals surface area (Å²) in [6, 6.07) is 9.22. The number of ether oxygens (including phenoxy) is 1. The Kier molecular flexibility index (Phi) is 5.04. The van der Waals surface area contributed by atoms with Crippen molar-refractivity contribution < 1.29 is 4.74 Å². The zero-order chi connectivity index (χ0) is 13.0. The maximum Gasteiger partial charge on any atom is 0.0810 e. The normalized spacial score (nSPS) is 25.3. The first-order valence-corrected chi connectivity index (χ1v) is 7.84. The van der Waals surface area contributed by atoms with E-state index in [1.807, 2.05) is 0 Å². The fourth-order valence-electron chi connectivity index (χ4n) is 2.68. The van der Waals surface area contributed by atoms with Crippen LogP contribution in [0.25, 0.3) is 0 Å². The Hall–Kier alpha value is -0.130. The molecule has 2 atom stereocenters. The Morgan fingerprint density at radius 3 is 2.67 bits per heavy atom. The molecule has 1 heterocycles. The topological polar surface area (TPSA) is 21.3 Å². The first kappa shape index (κ1) is 14.3. The van der Waals surface area contributed by atoms with Crippen LogP contribution in [0.3, 0.4) is 0 Å². The molecule has 0 spiro atoms. The standard InChI is InChI=1S/C15H22INO/c1-3-17-14(15(2)9-4-10-18-15)11-12-5-7-13(16)8-6-12/h5-8,14,17H,3-4,9-11H2,1-2H3. The quantitative estimate of drug-likeness (QED) is 0.814. The monoisotopic (exact) mass is 359 g/mol. The first-order chi connectivity index (χ1) is 8.64. The summed E-state index contributed by atoms with van der Waals surface area (Å²) < 4.78 is 7.28. The molecule has 1 aliphatic heterocycles. The van der Waals surface area contributed by atoms with E-state index < -0.39 is 0 Å². The van der Waals surface area contributed by atoms with Crippen molar-refractivity contribution in [3.63, 3.8) is 0 Å². The third kappa shape index (κ3) is 3.45. The average molecular weight is 359 g/mol. The Labute approximate surface area is 124 Å². The minimum Gasteiger partial charge on any atom is -0.374 e. The predicted octanol–water partition coefficient (Wildman–Crippen LogP) is 3.38. The molecule has 1 saturated heterocycles. The molecular weight excluding hydrogens is 337 g/mol. The molecule has 1 N–H and O–H groups in total. The number of nitrogens with one attached hydrogen (secondary N) is 1. The molecule has 0 aromatic heterocycles. The highest BCUT2D eigenvalue weighted by Crippen LogP contribution is 2.30. The zero-order valence-corrected chi connectivity index (χ0v) is 13.4. The van der Waals surface area contributed by atoms with E-state index >= 15 is 0 Å². The highest BCUT2D eigenvalue weighted by molar-refractivity contribution is 14.1. The maximum atomic E-state index is 5.99. The Morgan fingerprint density at radius 1 is 1.39 bits per heavy atom. The molecule has 2 rings (SSSR count). The van der Waals surface area contributed by atoms with Crippen LogP contribution in [0.15, 0.2) is 24.3 Å². The van der Waals surface area contributed by atoms with Crippen LogP contribution < -0.4 is 5.32 Å². The molecule has 18 heavy (non-hydrogen) atoms. The van der Waals surface area contributed by atoms with Gasteiger partial charge in [0.15, 0.2) is 0 Å². The van der Waals surface area contributed by atoms with Crippen molar-refractivity contribution in [2.75, 3.05) is 13.2 Å². The van der Waals surface area contributed by atoms with Crippen molar-refractivity contribution in [3.8, 4) is 0 Å². The van der Waals surface area contributed by atoms with E-state index in [1.165, 1.54) is 15.6 Å². The van der Waals surface area contributed by atoms with Crippen molar-refractivity contribution >= 4 is 22.6 Å². The Morgan fingerprint density at radius 2 is 2.11 bits per heavy atom. The van der Waals surface area contributed by atoms with E-state index in [0.29, 0.717) is 6.04 Å². The Balaban J connectivity index is 2.08. The van der Waals surface area contributed by atoms with Crippen molar-refractivity contribution in [2.45, 2.75) is 44.8 Å². The minimum absolute atomic E-state index is 0.000986. The van der Waals surface area contributed by atoms with E-state index in [-0.39, 0.29) is 5.60 Å². The number of rotatable bonds is 5. The van der Waals surface area contributed by atoms with E-state index in [0.717, 1.165) is 26.0 Å². The summed E-state index contributed by atoms with van der Waals surface area (Å²) in [6.07, 6.45) is 3.39. The summed E-state index contributed by atoms with van der Waals surface area (Å²) >= 11 is 2.35. The Bertz CT molecular complexity index is 371. The van der Waals surface area contributed by atoms with Crippen molar-refractivity contribution in [3.05, 3.63) is 33.4 Å². The molecule has 1 aliphatic rings. The van der Waals surface area contributed by atoms with Crippen LogP contribution in [-0.2, 0) is 11.2 Å². The maximum absolute atomic E-state index is 5.99. The van der Waals surface area contributed by atoms with Crippen LogP contribution in [-0.4, -0.2) is 24.8 Å². The fourth-order valence-corrected chi connectivity index (χ4v) is 3.04. The van der Waals surface area contributed by atoms with E-state index in [1.54, 1.807) is 0 Å². The van der Waals surface area contributed by atoms with Crippen LogP contribution in [0.2, 0.25) is 0 Å². The molecule has 2 unspecified atom stereocenters. The number of hydrogen-bond donors (Lipinski definition) is 1. The smallest absolute Gasteiger partial charge is 0.0810 e. The van der Waals surface area contributed by atoms with Gasteiger partial charge >= 0.3 is 0 Å². The second-order valence-electron chi connectivity index (χ2n) is 5.21. The lowest BCUT2D eigenvalue weighted by Gasteiger charge is -2.34.